The highest BCUT2D eigenvalue weighted by molar-refractivity contribution is 7.25. The number of rotatable bonds is 4. The van der Waals surface area contributed by atoms with E-state index < -0.39 is 5.41 Å². The smallest absolute Gasteiger partial charge is 0.0755 e. The number of para-hydroxylation sites is 3. The molecule has 314 valence electrons. The van der Waals surface area contributed by atoms with Gasteiger partial charge in [0.1, 0.15) is 0 Å². The summed E-state index contributed by atoms with van der Waals surface area (Å²) in [6.07, 6.45) is 0. The topological polar surface area (TPSA) is 8.17 Å². The Labute approximate surface area is 393 Å². The van der Waals surface area contributed by atoms with Gasteiger partial charge in [0.15, 0.2) is 0 Å². The summed E-state index contributed by atoms with van der Waals surface area (Å²) in [6, 6.07) is 82.6. The van der Waals surface area contributed by atoms with Gasteiger partial charge in [-0.1, -0.05) is 172 Å². The Bertz CT molecular complexity index is 4090. The zero-order chi connectivity index (χ0) is 44.2. The summed E-state index contributed by atoms with van der Waals surface area (Å²) in [4.78, 5) is 2.54. The second-order valence-electron chi connectivity index (χ2n) is 19.2. The summed E-state index contributed by atoms with van der Waals surface area (Å²) < 4.78 is 5.18. The van der Waals surface area contributed by atoms with E-state index in [-0.39, 0.29) is 5.41 Å². The Morgan fingerprint density at radius 1 is 0.403 bits per heavy atom. The Kier molecular flexibility index (Phi) is 7.41. The number of thiophene rings is 1. The van der Waals surface area contributed by atoms with E-state index in [0.717, 1.165) is 11.4 Å². The highest BCUT2D eigenvalue weighted by atomic mass is 32.1. The second kappa shape index (κ2) is 13.3. The molecule has 10 aromatic carbocycles. The summed E-state index contributed by atoms with van der Waals surface area (Å²) in [6.45, 7) is 4.77. The maximum absolute atomic E-state index is 2.54. The molecule has 3 heterocycles. The lowest BCUT2D eigenvalue weighted by molar-refractivity contribution is 0.660. The molecule has 0 radical (unpaired) electrons. The highest BCUT2D eigenvalue weighted by Crippen LogP contribution is 2.63. The van der Waals surface area contributed by atoms with Crippen LogP contribution in [0.15, 0.2) is 218 Å². The van der Waals surface area contributed by atoms with Crippen molar-refractivity contribution in [3.63, 3.8) is 0 Å². The van der Waals surface area contributed by atoms with E-state index in [1.165, 1.54) is 120 Å². The predicted octanol–water partition coefficient (Wildman–Crippen LogP) is 17.3. The first-order valence-corrected chi connectivity index (χ1v) is 24.2. The molecule has 2 nitrogen and oxygen atoms in total. The molecule has 3 aliphatic rings. The van der Waals surface area contributed by atoms with E-state index in [0.29, 0.717) is 0 Å². The first-order chi connectivity index (χ1) is 33.0. The van der Waals surface area contributed by atoms with Gasteiger partial charge >= 0.3 is 0 Å². The van der Waals surface area contributed by atoms with E-state index >= 15 is 0 Å². The van der Waals surface area contributed by atoms with Crippen LogP contribution in [-0.2, 0) is 10.8 Å². The number of nitrogens with zero attached hydrogens (tertiary/aromatic N) is 2. The van der Waals surface area contributed by atoms with Crippen LogP contribution < -0.4 is 4.90 Å². The lowest BCUT2D eigenvalue weighted by Gasteiger charge is -2.39. The molecule has 2 aromatic heterocycles. The molecule has 0 N–H and O–H groups in total. The molecule has 1 unspecified atom stereocenters. The van der Waals surface area contributed by atoms with Gasteiger partial charge in [0.25, 0.3) is 0 Å². The number of fused-ring (bicyclic) bond motifs is 18. The molecule has 67 heavy (non-hydrogen) atoms. The van der Waals surface area contributed by atoms with Crippen LogP contribution >= 0.6 is 11.3 Å². The average Bonchev–Trinajstić information content (AvgIpc) is 4.08. The lowest BCUT2D eigenvalue weighted by atomic mass is 9.65. The molecule has 2 aliphatic carbocycles. The molecule has 15 rings (SSSR count). The van der Waals surface area contributed by atoms with E-state index in [1.54, 1.807) is 0 Å². The SMILES string of the molecule is CC1(C)c2ccccc2-c2ccc(N(c3ccc(-c4ccc5sc6ccccc6c5c4)cc3)c3cccc4c3-c3ccccc3C43c4ccccc4-n4c5ccccc5c5cccc3c54)cc21. The molecule has 0 saturated heterocycles. The van der Waals surface area contributed by atoms with Gasteiger partial charge in [-0.15, -0.1) is 11.3 Å². The zero-order valence-electron chi connectivity index (χ0n) is 37.1. The minimum atomic E-state index is -0.552. The predicted molar refractivity (Wildman–Crippen MR) is 282 cm³/mol. The van der Waals surface area contributed by atoms with Gasteiger partial charge in [-0.3, -0.25) is 0 Å². The van der Waals surface area contributed by atoms with Gasteiger partial charge < -0.3 is 9.47 Å². The average molecular weight is 871 g/mol. The molecule has 12 aromatic rings. The van der Waals surface area contributed by atoms with Crippen molar-refractivity contribution in [2.75, 3.05) is 4.90 Å². The fraction of sp³-hybridized carbons (Fsp3) is 0.0625. The molecular weight excluding hydrogens is 829 g/mol. The van der Waals surface area contributed by atoms with Crippen molar-refractivity contribution in [1.29, 1.82) is 0 Å². The van der Waals surface area contributed by atoms with Crippen molar-refractivity contribution < 1.29 is 0 Å². The van der Waals surface area contributed by atoms with Crippen LogP contribution in [0.1, 0.15) is 47.2 Å². The standard InChI is InChI=1S/C64H42N2S/c1-63(2)50-20-7-3-15-43(50)44-35-34-42(38-55(44)63)65(41-32-29-39(30-33-41)40-31-36-60-49(37-40)46-17-6-12-28-59(46)67-60)58-27-14-23-53-61(58)48-18-4-8-21-51(48)64(53)52-22-9-11-26-57(52)66-56-25-10-5-16-45(56)47-19-13-24-54(64)62(47)66/h3-38H,1-2H3. The Morgan fingerprint density at radius 2 is 1.03 bits per heavy atom. The zero-order valence-corrected chi connectivity index (χ0v) is 37.9. The number of hydrogen-bond acceptors (Lipinski definition) is 2. The third-order valence-corrected chi connectivity index (χ3v) is 16.7. The molecule has 0 bridgehead atoms. The summed E-state index contributed by atoms with van der Waals surface area (Å²) in [5, 5.41) is 5.21. The maximum atomic E-state index is 2.54. The van der Waals surface area contributed by atoms with Gasteiger partial charge in [-0.25, -0.2) is 0 Å². The number of benzene rings is 10. The van der Waals surface area contributed by atoms with E-state index in [2.05, 4.69) is 242 Å². The van der Waals surface area contributed by atoms with E-state index in [4.69, 9.17) is 0 Å². The maximum Gasteiger partial charge on any atom is 0.0755 e. The van der Waals surface area contributed by atoms with Crippen LogP contribution in [0.3, 0.4) is 0 Å². The van der Waals surface area contributed by atoms with E-state index in [1.807, 2.05) is 11.3 Å². The van der Waals surface area contributed by atoms with Crippen molar-refractivity contribution in [3.8, 4) is 39.1 Å². The molecule has 0 saturated carbocycles. The molecule has 3 heteroatoms. The summed E-state index contributed by atoms with van der Waals surface area (Å²) in [5.74, 6) is 0. The van der Waals surface area contributed by atoms with Crippen molar-refractivity contribution >= 4 is 70.4 Å². The molecule has 1 spiro atoms. The highest BCUT2D eigenvalue weighted by Gasteiger charge is 2.51. The number of aromatic nitrogens is 1. The summed E-state index contributed by atoms with van der Waals surface area (Å²) >= 11 is 1.87. The minimum Gasteiger partial charge on any atom is -0.310 e. The fourth-order valence-corrected chi connectivity index (χ4v) is 13.8. The third-order valence-electron chi connectivity index (χ3n) is 15.6. The van der Waals surface area contributed by atoms with Crippen molar-refractivity contribution in [1.82, 2.24) is 4.57 Å². The fourth-order valence-electron chi connectivity index (χ4n) is 12.7. The first kappa shape index (κ1) is 37.3. The van der Waals surface area contributed by atoms with Gasteiger partial charge in [0.05, 0.1) is 27.8 Å². The lowest BCUT2D eigenvalue weighted by Crippen LogP contribution is -2.33. The molecule has 0 amide bonds. The molecule has 1 aliphatic heterocycles. The van der Waals surface area contributed by atoms with Crippen LogP contribution in [0.5, 0.6) is 0 Å². The van der Waals surface area contributed by atoms with Gasteiger partial charge in [-0.05, 0) is 122 Å². The van der Waals surface area contributed by atoms with Crippen LogP contribution in [0, 0.1) is 0 Å². The molecule has 1 atom stereocenters. The molecule has 0 fully saturated rings. The van der Waals surface area contributed by atoms with E-state index in [9.17, 15) is 0 Å². The second-order valence-corrected chi connectivity index (χ2v) is 20.2. The number of anilines is 3. The quantitative estimate of drug-likeness (QED) is 0.171. The first-order valence-electron chi connectivity index (χ1n) is 23.4. The summed E-state index contributed by atoms with van der Waals surface area (Å²) in [7, 11) is 0. The monoisotopic (exact) mass is 870 g/mol. The Balaban J connectivity index is 0.985. The van der Waals surface area contributed by atoms with Crippen molar-refractivity contribution in [2.45, 2.75) is 24.7 Å². The van der Waals surface area contributed by atoms with Gasteiger partial charge in [-0.2, -0.15) is 0 Å². The Morgan fingerprint density at radius 3 is 1.91 bits per heavy atom. The Hall–Kier alpha value is -7.98. The van der Waals surface area contributed by atoms with Crippen LogP contribution in [0.2, 0.25) is 0 Å². The summed E-state index contributed by atoms with van der Waals surface area (Å²) in [5.41, 5.74) is 22.2. The largest absolute Gasteiger partial charge is 0.310 e. The van der Waals surface area contributed by atoms with Crippen LogP contribution in [0.25, 0.3) is 81.0 Å². The number of hydrogen-bond donors (Lipinski definition) is 0. The van der Waals surface area contributed by atoms with Crippen LogP contribution in [-0.4, -0.2) is 4.57 Å². The third kappa shape index (κ3) is 4.79. The van der Waals surface area contributed by atoms with Gasteiger partial charge in [0.2, 0.25) is 0 Å². The normalized spacial score (nSPS) is 15.8. The molecular formula is C64H42N2S. The van der Waals surface area contributed by atoms with Crippen molar-refractivity contribution in [3.05, 3.63) is 252 Å². The van der Waals surface area contributed by atoms with Crippen LogP contribution in [0.4, 0.5) is 17.1 Å². The van der Waals surface area contributed by atoms with Crippen molar-refractivity contribution in [2.24, 2.45) is 0 Å². The van der Waals surface area contributed by atoms with Gasteiger partial charge in [0, 0.05) is 53.3 Å². The minimum absolute atomic E-state index is 0.153.